The lowest BCUT2D eigenvalue weighted by atomic mass is 9.53. The van der Waals surface area contributed by atoms with Gasteiger partial charge in [-0.25, -0.2) is 0 Å². The molecule has 0 radical (unpaired) electrons. The third kappa shape index (κ3) is 2.34. The number of esters is 2. The smallest absolute Gasteiger partial charge is 0.324 e. The van der Waals surface area contributed by atoms with E-state index >= 15 is 0 Å². The van der Waals surface area contributed by atoms with E-state index in [0.29, 0.717) is 6.42 Å². The lowest BCUT2D eigenvalue weighted by Crippen LogP contribution is -2.66. The van der Waals surface area contributed by atoms with E-state index in [-0.39, 0.29) is 23.8 Å². The normalized spacial score (nSPS) is 41.9. The molecule has 5 aliphatic rings. The zero-order chi connectivity index (χ0) is 18.8. The molecule has 4 bridgehead atoms. The molecule has 6 rings (SSSR count). The van der Waals surface area contributed by atoms with Crippen molar-refractivity contribution in [1.29, 1.82) is 0 Å². The van der Waals surface area contributed by atoms with Crippen LogP contribution in [0.25, 0.3) is 0 Å². The Morgan fingerprint density at radius 3 is 1.93 bits per heavy atom. The Balaban J connectivity index is 1.48. The number of rotatable bonds is 3. The summed E-state index contributed by atoms with van der Waals surface area (Å²) in [7, 11) is 0. The minimum Gasteiger partial charge on any atom is -0.421 e. The van der Waals surface area contributed by atoms with Gasteiger partial charge in [0.15, 0.2) is 5.92 Å². The highest BCUT2D eigenvalue weighted by Gasteiger charge is 2.66. The summed E-state index contributed by atoms with van der Waals surface area (Å²) in [4.78, 5) is 26.5. The number of benzene rings is 1. The van der Waals surface area contributed by atoms with Gasteiger partial charge in [0.05, 0.1) is 0 Å². The minimum absolute atomic E-state index is 0.187. The Hall–Kier alpha value is -1.84. The van der Waals surface area contributed by atoms with Crippen LogP contribution in [0.4, 0.5) is 0 Å². The standard InChI is InChI=1S/C23H28O4/c1-3-22(2,16-7-5-4-6-8-16)19-20(24)26-23(27-21(19)25)17-10-14-9-15(12-17)13-18(23)11-14/h4-8,14-15,17-19H,3,9-13H2,1-2H3/t14?,15?,17?,18?,19?,22-,23?/m0/s1. The summed E-state index contributed by atoms with van der Waals surface area (Å²) >= 11 is 0. The van der Waals surface area contributed by atoms with Gasteiger partial charge in [-0.1, -0.05) is 44.2 Å². The maximum atomic E-state index is 13.3. The summed E-state index contributed by atoms with van der Waals surface area (Å²) in [6.45, 7) is 3.99. The first kappa shape index (κ1) is 17.3. The highest BCUT2D eigenvalue weighted by atomic mass is 16.7. The molecule has 1 aliphatic heterocycles. The average molecular weight is 368 g/mol. The van der Waals surface area contributed by atoms with Crippen LogP contribution in [0.15, 0.2) is 30.3 Å². The zero-order valence-corrected chi connectivity index (χ0v) is 16.1. The zero-order valence-electron chi connectivity index (χ0n) is 16.1. The third-order valence-corrected chi connectivity index (χ3v) is 8.07. The van der Waals surface area contributed by atoms with Crippen LogP contribution in [0.1, 0.15) is 57.9 Å². The van der Waals surface area contributed by atoms with Gasteiger partial charge < -0.3 is 9.47 Å². The fourth-order valence-corrected chi connectivity index (χ4v) is 6.64. The molecule has 1 spiro atoms. The van der Waals surface area contributed by atoms with Crippen LogP contribution in [0, 0.1) is 29.6 Å². The molecule has 1 saturated heterocycles. The molecule has 1 aromatic rings. The van der Waals surface area contributed by atoms with E-state index in [1.54, 1.807) is 0 Å². The summed E-state index contributed by atoms with van der Waals surface area (Å²) in [5.41, 5.74) is 0.357. The van der Waals surface area contributed by atoms with E-state index in [1.807, 2.05) is 44.2 Å². The van der Waals surface area contributed by atoms with Crippen molar-refractivity contribution >= 4 is 11.9 Å². The maximum Gasteiger partial charge on any atom is 0.324 e. The molecule has 1 atom stereocenters. The van der Waals surface area contributed by atoms with Crippen molar-refractivity contribution in [1.82, 2.24) is 0 Å². The Labute approximate surface area is 160 Å². The number of hydrogen-bond acceptors (Lipinski definition) is 4. The SMILES string of the molecule is CC[C@@](C)(c1ccccc1)C1C(=O)OC2(OC1=O)C1CC3CC(C1)CC2C3. The molecule has 5 fully saturated rings. The van der Waals surface area contributed by atoms with Crippen molar-refractivity contribution in [2.75, 3.05) is 0 Å². The lowest BCUT2D eigenvalue weighted by Gasteiger charge is -2.60. The van der Waals surface area contributed by atoms with Gasteiger partial charge in [0.25, 0.3) is 5.79 Å². The quantitative estimate of drug-likeness (QED) is 0.592. The number of carbonyl (C=O) groups excluding carboxylic acids is 2. The van der Waals surface area contributed by atoms with Gasteiger partial charge in [0.1, 0.15) is 0 Å². The number of ether oxygens (including phenoxy) is 2. The van der Waals surface area contributed by atoms with E-state index < -0.39 is 17.1 Å². The molecule has 0 N–H and O–H groups in total. The molecule has 27 heavy (non-hydrogen) atoms. The Morgan fingerprint density at radius 2 is 1.44 bits per heavy atom. The lowest BCUT2D eigenvalue weighted by molar-refractivity contribution is -0.326. The summed E-state index contributed by atoms with van der Waals surface area (Å²) in [5, 5.41) is 0. The predicted octanol–water partition coefficient (Wildman–Crippen LogP) is 4.22. The maximum absolute atomic E-state index is 13.3. The second-order valence-electron chi connectivity index (χ2n) is 9.44. The molecule has 0 unspecified atom stereocenters. The molecule has 1 aromatic carbocycles. The molecule has 4 aliphatic carbocycles. The first-order valence-electron chi connectivity index (χ1n) is 10.5. The topological polar surface area (TPSA) is 52.6 Å². The van der Waals surface area contributed by atoms with Gasteiger partial charge in [-0.3, -0.25) is 9.59 Å². The third-order valence-electron chi connectivity index (χ3n) is 8.07. The van der Waals surface area contributed by atoms with Crippen molar-refractivity contribution < 1.29 is 19.1 Å². The van der Waals surface area contributed by atoms with Crippen LogP contribution >= 0.6 is 0 Å². The molecule has 0 amide bonds. The Bertz CT molecular complexity index is 722. The molecule has 4 heteroatoms. The van der Waals surface area contributed by atoms with Crippen LogP contribution < -0.4 is 0 Å². The summed E-state index contributed by atoms with van der Waals surface area (Å²) in [5.74, 6) is -0.827. The first-order chi connectivity index (χ1) is 13.0. The van der Waals surface area contributed by atoms with Crippen molar-refractivity contribution in [3.05, 3.63) is 35.9 Å². The number of hydrogen-bond donors (Lipinski definition) is 0. The summed E-state index contributed by atoms with van der Waals surface area (Å²) in [6.07, 6.45) is 6.08. The Kier molecular flexibility index (Phi) is 3.73. The number of carbonyl (C=O) groups is 2. The average Bonchev–Trinajstić information content (AvgIpc) is 2.65. The van der Waals surface area contributed by atoms with Crippen molar-refractivity contribution in [3.63, 3.8) is 0 Å². The van der Waals surface area contributed by atoms with E-state index in [9.17, 15) is 9.59 Å². The second kappa shape index (κ2) is 5.83. The van der Waals surface area contributed by atoms with Crippen molar-refractivity contribution in [3.8, 4) is 0 Å². The molecule has 4 nitrogen and oxygen atoms in total. The van der Waals surface area contributed by atoms with Crippen LogP contribution in [-0.4, -0.2) is 17.7 Å². The fourth-order valence-electron chi connectivity index (χ4n) is 6.64. The van der Waals surface area contributed by atoms with Gasteiger partial charge in [0.2, 0.25) is 0 Å². The molecule has 4 saturated carbocycles. The van der Waals surface area contributed by atoms with Gasteiger partial charge in [-0.2, -0.15) is 0 Å². The molecular formula is C23H28O4. The van der Waals surface area contributed by atoms with E-state index in [2.05, 4.69) is 0 Å². The van der Waals surface area contributed by atoms with Gasteiger partial charge in [-0.15, -0.1) is 0 Å². The fraction of sp³-hybridized carbons (Fsp3) is 0.652. The van der Waals surface area contributed by atoms with Gasteiger partial charge >= 0.3 is 11.9 Å². The van der Waals surface area contributed by atoms with Crippen molar-refractivity contribution in [2.45, 2.75) is 63.6 Å². The van der Waals surface area contributed by atoms with Crippen LogP contribution in [0.3, 0.4) is 0 Å². The summed E-state index contributed by atoms with van der Waals surface area (Å²) < 4.78 is 12.2. The molecule has 0 aromatic heterocycles. The van der Waals surface area contributed by atoms with Crippen LogP contribution in [-0.2, 0) is 24.5 Å². The molecule has 1 heterocycles. The first-order valence-corrected chi connectivity index (χ1v) is 10.5. The highest BCUT2D eigenvalue weighted by molar-refractivity contribution is 5.98. The molecule has 144 valence electrons. The monoisotopic (exact) mass is 368 g/mol. The van der Waals surface area contributed by atoms with E-state index in [4.69, 9.17) is 9.47 Å². The highest BCUT2D eigenvalue weighted by Crippen LogP contribution is 2.61. The van der Waals surface area contributed by atoms with Crippen LogP contribution in [0.2, 0.25) is 0 Å². The molecular weight excluding hydrogens is 340 g/mol. The van der Waals surface area contributed by atoms with E-state index in [0.717, 1.165) is 43.1 Å². The predicted molar refractivity (Wildman–Crippen MR) is 99.5 cm³/mol. The second-order valence-corrected chi connectivity index (χ2v) is 9.44. The van der Waals surface area contributed by atoms with Crippen LogP contribution in [0.5, 0.6) is 0 Å². The van der Waals surface area contributed by atoms with Crippen molar-refractivity contribution in [2.24, 2.45) is 29.6 Å². The summed E-state index contributed by atoms with van der Waals surface area (Å²) in [6, 6.07) is 9.80. The van der Waals surface area contributed by atoms with E-state index in [1.165, 1.54) is 6.42 Å². The minimum atomic E-state index is -0.983. The Morgan fingerprint density at radius 1 is 0.926 bits per heavy atom. The largest absolute Gasteiger partial charge is 0.421 e. The van der Waals surface area contributed by atoms with Gasteiger partial charge in [-0.05, 0) is 55.9 Å². The van der Waals surface area contributed by atoms with Gasteiger partial charge in [0, 0.05) is 17.3 Å².